The van der Waals surface area contributed by atoms with Crippen molar-refractivity contribution in [3.63, 3.8) is 0 Å². The van der Waals surface area contributed by atoms with Gasteiger partial charge in [-0.05, 0) is 61.7 Å². The minimum atomic E-state index is -0.232. The molecule has 2 nitrogen and oxygen atoms in total. The van der Waals surface area contributed by atoms with Crippen LogP contribution in [0.4, 0.5) is 0 Å². The second-order valence-electron chi connectivity index (χ2n) is 8.25. The summed E-state index contributed by atoms with van der Waals surface area (Å²) in [7, 11) is 0. The van der Waals surface area contributed by atoms with E-state index in [9.17, 15) is 4.79 Å². The molecule has 3 rings (SSSR count). The molecule has 0 aromatic carbocycles. The number of carbonyl (C=O) groups excluding carboxylic acids is 1. The molecule has 3 saturated carbocycles. The quantitative estimate of drug-likeness (QED) is 0.664. The second kappa shape index (κ2) is 3.77. The van der Waals surface area contributed by atoms with Crippen molar-refractivity contribution in [2.24, 2.45) is 28.6 Å². The predicted molar refractivity (Wildman–Crippen MR) is 75.6 cm³/mol. The van der Waals surface area contributed by atoms with Crippen LogP contribution >= 0.6 is 0 Å². The average molecular weight is 264 g/mol. The molecule has 5 atom stereocenters. The SMILES string of the molecule is CC(=O)O[C@]1(C)CC[C@]23C[C@@H]1C(C)(C)[C@@H]2CC[C@@H]3C. The molecule has 3 aliphatic rings. The van der Waals surface area contributed by atoms with Gasteiger partial charge in [-0.1, -0.05) is 20.8 Å². The standard InChI is InChI=1S/C17H28O2/c1-11-6-7-13-15(3,4)14-10-17(11,13)9-8-16(14,5)19-12(2)18/h11,13-14H,6-10H2,1-5H3/t11-,13-,14+,16+,17+/m0/s1. The number of hydrogen-bond acceptors (Lipinski definition) is 2. The molecule has 0 radical (unpaired) electrons. The van der Waals surface area contributed by atoms with Gasteiger partial charge in [0.05, 0.1) is 0 Å². The van der Waals surface area contributed by atoms with Gasteiger partial charge in [-0.15, -0.1) is 0 Å². The Morgan fingerprint density at radius 3 is 2.42 bits per heavy atom. The van der Waals surface area contributed by atoms with Crippen LogP contribution in [0.5, 0.6) is 0 Å². The zero-order chi connectivity index (χ0) is 14.1. The lowest BCUT2D eigenvalue weighted by Crippen LogP contribution is -2.47. The van der Waals surface area contributed by atoms with Crippen LogP contribution in [-0.4, -0.2) is 11.6 Å². The van der Waals surface area contributed by atoms with Gasteiger partial charge < -0.3 is 4.74 Å². The third kappa shape index (κ3) is 1.58. The first-order valence-electron chi connectivity index (χ1n) is 7.92. The van der Waals surface area contributed by atoms with Crippen LogP contribution in [-0.2, 0) is 9.53 Å². The van der Waals surface area contributed by atoms with Crippen LogP contribution in [0.1, 0.15) is 66.7 Å². The van der Waals surface area contributed by atoms with Gasteiger partial charge >= 0.3 is 5.97 Å². The molecule has 2 bridgehead atoms. The molecule has 3 fully saturated rings. The monoisotopic (exact) mass is 264 g/mol. The fraction of sp³-hybridized carbons (Fsp3) is 0.941. The summed E-state index contributed by atoms with van der Waals surface area (Å²) in [5, 5.41) is 0. The number of carbonyl (C=O) groups is 1. The first-order chi connectivity index (χ1) is 8.72. The van der Waals surface area contributed by atoms with Gasteiger partial charge in [-0.3, -0.25) is 4.79 Å². The Balaban J connectivity index is 1.99. The fourth-order valence-electron chi connectivity index (χ4n) is 6.31. The molecule has 0 aromatic heterocycles. The zero-order valence-electron chi connectivity index (χ0n) is 13.1. The molecule has 0 N–H and O–H groups in total. The Hall–Kier alpha value is -0.530. The van der Waals surface area contributed by atoms with Crippen LogP contribution in [0.2, 0.25) is 0 Å². The van der Waals surface area contributed by atoms with Crippen molar-refractivity contribution < 1.29 is 9.53 Å². The second-order valence-corrected chi connectivity index (χ2v) is 8.25. The molecular weight excluding hydrogens is 236 g/mol. The Morgan fingerprint density at radius 2 is 1.79 bits per heavy atom. The van der Waals surface area contributed by atoms with Gasteiger partial charge in [0.25, 0.3) is 0 Å². The first-order valence-corrected chi connectivity index (χ1v) is 7.92. The number of rotatable bonds is 1. The van der Waals surface area contributed by atoms with E-state index in [4.69, 9.17) is 4.74 Å². The van der Waals surface area contributed by atoms with Gasteiger partial charge in [-0.2, -0.15) is 0 Å². The summed E-state index contributed by atoms with van der Waals surface area (Å²) >= 11 is 0. The highest BCUT2D eigenvalue weighted by Crippen LogP contribution is 2.73. The van der Waals surface area contributed by atoms with Crippen molar-refractivity contribution >= 4 is 5.97 Å². The van der Waals surface area contributed by atoms with E-state index < -0.39 is 0 Å². The molecule has 0 aliphatic heterocycles. The van der Waals surface area contributed by atoms with Crippen LogP contribution < -0.4 is 0 Å². The van der Waals surface area contributed by atoms with E-state index in [0.717, 1.165) is 18.3 Å². The third-order valence-corrected chi connectivity index (χ3v) is 7.15. The maximum atomic E-state index is 11.5. The lowest BCUT2D eigenvalue weighted by atomic mass is 9.64. The Morgan fingerprint density at radius 1 is 1.11 bits per heavy atom. The average Bonchev–Trinajstić information content (AvgIpc) is 2.69. The molecule has 108 valence electrons. The molecule has 0 unspecified atom stereocenters. The highest BCUT2D eigenvalue weighted by Gasteiger charge is 2.68. The number of esters is 1. The summed E-state index contributed by atoms with van der Waals surface area (Å²) in [5.41, 5.74) is 0.629. The maximum Gasteiger partial charge on any atom is 0.303 e. The van der Waals surface area contributed by atoms with Crippen molar-refractivity contribution in [2.75, 3.05) is 0 Å². The lowest BCUT2D eigenvalue weighted by molar-refractivity contribution is -0.171. The van der Waals surface area contributed by atoms with Gasteiger partial charge in [0.1, 0.15) is 5.60 Å². The number of ether oxygens (including phenoxy) is 1. The summed E-state index contributed by atoms with van der Waals surface area (Å²) in [5.74, 6) is 2.10. The van der Waals surface area contributed by atoms with E-state index in [2.05, 4.69) is 27.7 Å². The van der Waals surface area contributed by atoms with Crippen LogP contribution in [0.3, 0.4) is 0 Å². The Bertz CT molecular complexity index is 413. The van der Waals surface area contributed by atoms with Crippen LogP contribution in [0.15, 0.2) is 0 Å². The molecule has 0 amide bonds. The van der Waals surface area contributed by atoms with E-state index in [0.29, 0.717) is 16.7 Å². The molecule has 19 heavy (non-hydrogen) atoms. The normalized spacial score (nSPS) is 50.9. The first kappa shape index (κ1) is 13.5. The lowest BCUT2D eigenvalue weighted by Gasteiger charge is -2.46. The number of fused-ring (bicyclic) bond motifs is 1. The van der Waals surface area contributed by atoms with Gasteiger partial charge in [0, 0.05) is 12.8 Å². The van der Waals surface area contributed by atoms with Gasteiger partial charge in [-0.25, -0.2) is 0 Å². The minimum absolute atomic E-state index is 0.112. The van der Waals surface area contributed by atoms with E-state index in [1.165, 1.54) is 25.7 Å². The van der Waals surface area contributed by atoms with Crippen molar-refractivity contribution in [1.82, 2.24) is 0 Å². The minimum Gasteiger partial charge on any atom is -0.459 e. The van der Waals surface area contributed by atoms with E-state index in [1.54, 1.807) is 6.92 Å². The third-order valence-electron chi connectivity index (χ3n) is 7.15. The Kier molecular flexibility index (Phi) is 2.67. The van der Waals surface area contributed by atoms with Crippen molar-refractivity contribution in [3.05, 3.63) is 0 Å². The largest absolute Gasteiger partial charge is 0.459 e. The fourth-order valence-corrected chi connectivity index (χ4v) is 6.31. The highest BCUT2D eigenvalue weighted by molar-refractivity contribution is 5.66. The summed E-state index contributed by atoms with van der Waals surface area (Å²) in [6.45, 7) is 11.0. The van der Waals surface area contributed by atoms with Crippen molar-refractivity contribution in [2.45, 2.75) is 72.3 Å². The van der Waals surface area contributed by atoms with Crippen molar-refractivity contribution in [3.8, 4) is 0 Å². The van der Waals surface area contributed by atoms with Crippen LogP contribution in [0, 0.1) is 28.6 Å². The predicted octanol–water partition coefficient (Wildman–Crippen LogP) is 4.18. The summed E-state index contributed by atoms with van der Waals surface area (Å²) in [6, 6.07) is 0. The molecule has 0 heterocycles. The number of hydrogen-bond donors (Lipinski definition) is 0. The molecule has 2 heteroatoms. The summed E-state index contributed by atoms with van der Waals surface area (Å²) < 4.78 is 5.80. The zero-order valence-corrected chi connectivity index (χ0v) is 13.1. The van der Waals surface area contributed by atoms with Gasteiger partial charge in [0.15, 0.2) is 0 Å². The molecule has 0 aromatic rings. The maximum absolute atomic E-state index is 11.5. The van der Waals surface area contributed by atoms with E-state index in [1.807, 2.05) is 0 Å². The summed E-state index contributed by atoms with van der Waals surface area (Å²) in [6.07, 6.45) is 6.35. The van der Waals surface area contributed by atoms with E-state index in [-0.39, 0.29) is 11.6 Å². The Labute approximate surface area is 117 Å². The molecule has 3 aliphatic carbocycles. The topological polar surface area (TPSA) is 26.3 Å². The highest BCUT2D eigenvalue weighted by atomic mass is 16.6. The van der Waals surface area contributed by atoms with Crippen molar-refractivity contribution in [1.29, 1.82) is 0 Å². The molecule has 1 spiro atoms. The van der Waals surface area contributed by atoms with Gasteiger partial charge in [0.2, 0.25) is 0 Å². The van der Waals surface area contributed by atoms with Crippen LogP contribution in [0.25, 0.3) is 0 Å². The van der Waals surface area contributed by atoms with E-state index >= 15 is 0 Å². The molecular formula is C17H28O2. The molecule has 0 saturated heterocycles. The summed E-state index contributed by atoms with van der Waals surface area (Å²) in [4.78, 5) is 11.5. The smallest absolute Gasteiger partial charge is 0.303 e.